The van der Waals surface area contributed by atoms with Gasteiger partial charge in [0.05, 0.1) is 20.6 Å². The van der Waals surface area contributed by atoms with Gasteiger partial charge < -0.3 is 15.4 Å². The van der Waals surface area contributed by atoms with Crippen molar-refractivity contribution in [1.29, 1.82) is 0 Å². The average molecular weight is 465 g/mol. The number of esters is 1. The molecule has 2 amide bonds. The number of benzene rings is 1. The van der Waals surface area contributed by atoms with Crippen LogP contribution in [0.25, 0.3) is 0 Å². The van der Waals surface area contributed by atoms with Crippen molar-refractivity contribution < 1.29 is 19.1 Å². The van der Waals surface area contributed by atoms with Crippen LogP contribution in [0.2, 0.25) is 20.1 Å². The monoisotopic (exact) mass is 463 g/mol. The number of amides is 2. The lowest BCUT2D eigenvalue weighted by Crippen LogP contribution is -2.32. The molecule has 0 bridgehead atoms. The molecule has 1 aromatic carbocycles. The van der Waals surface area contributed by atoms with Crippen molar-refractivity contribution in [3.05, 3.63) is 55.6 Å². The number of ether oxygens (including phenoxy) is 1. The molecule has 11 heteroatoms. The van der Waals surface area contributed by atoms with Crippen LogP contribution in [0, 0.1) is 6.92 Å². The Hall–Kier alpha value is -2.06. The zero-order valence-electron chi connectivity index (χ0n) is 14.3. The highest BCUT2D eigenvalue weighted by atomic mass is 35.5. The van der Waals surface area contributed by atoms with Crippen molar-refractivity contribution in [3.63, 3.8) is 0 Å². The molecule has 0 saturated heterocycles. The molecule has 7 nitrogen and oxygen atoms in total. The van der Waals surface area contributed by atoms with E-state index in [9.17, 15) is 14.4 Å². The lowest BCUT2D eigenvalue weighted by Gasteiger charge is -2.10. The summed E-state index contributed by atoms with van der Waals surface area (Å²) >= 11 is 23.6. The normalized spacial score (nSPS) is 10.3. The van der Waals surface area contributed by atoms with Crippen LogP contribution in [0.4, 0.5) is 5.82 Å². The van der Waals surface area contributed by atoms with Gasteiger partial charge in [0.2, 0.25) is 0 Å². The number of aromatic nitrogens is 1. The van der Waals surface area contributed by atoms with Crippen LogP contribution >= 0.6 is 46.4 Å². The molecule has 0 aliphatic carbocycles. The molecule has 28 heavy (non-hydrogen) atoms. The SMILES string of the molecule is Cc1c(Cl)cnc(NC(=O)COC(=O)CNC(=O)c2ccc(Cl)cc2Cl)c1Cl. The predicted octanol–water partition coefficient (Wildman–Crippen LogP) is 3.92. The van der Waals surface area contributed by atoms with Gasteiger partial charge in [-0.05, 0) is 30.7 Å². The highest BCUT2D eigenvalue weighted by Crippen LogP contribution is 2.28. The number of anilines is 1. The molecule has 1 heterocycles. The Morgan fingerprint density at radius 1 is 1.11 bits per heavy atom. The molecule has 0 aliphatic heterocycles. The molecule has 0 fully saturated rings. The van der Waals surface area contributed by atoms with Gasteiger partial charge in [-0.3, -0.25) is 14.4 Å². The maximum absolute atomic E-state index is 12.0. The van der Waals surface area contributed by atoms with E-state index in [2.05, 4.69) is 15.6 Å². The highest BCUT2D eigenvalue weighted by Gasteiger charge is 2.15. The van der Waals surface area contributed by atoms with E-state index < -0.39 is 30.9 Å². The molecule has 1 aromatic heterocycles. The summed E-state index contributed by atoms with van der Waals surface area (Å²) in [5.41, 5.74) is 0.699. The zero-order chi connectivity index (χ0) is 20.8. The fraction of sp³-hybridized carbons (Fsp3) is 0.176. The summed E-state index contributed by atoms with van der Waals surface area (Å²) in [5.74, 6) is -1.97. The number of carbonyl (C=O) groups is 3. The second-order valence-electron chi connectivity index (χ2n) is 5.41. The molecule has 0 spiro atoms. The van der Waals surface area contributed by atoms with Crippen LogP contribution in [0.15, 0.2) is 24.4 Å². The third-order valence-corrected chi connectivity index (χ3v) is 4.78. The van der Waals surface area contributed by atoms with E-state index in [1.165, 1.54) is 24.4 Å². The molecule has 2 aromatic rings. The second kappa shape index (κ2) is 9.93. The highest BCUT2D eigenvalue weighted by molar-refractivity contribution is 6.38. The van der Waals surface area contributed by atoms with Gasteiger partial charge in [0.25, 0.3) is 11.8 Å². The topological polar surface area (TPSA) is 97.4 Å². The Kier molecular flexibility index (Phi) is 7.88. The van der Waals surface area contributed by atoms with E-state index in [0.717, 1.165) is 0 Å². The minimum absolute atomic E-state index is 0.0929. The van der Waals surface area contributed by atoms with Crippen LogP contribution in [0.3, 0.4) is 0 Å². The molecular formula is C17H13Cl4N3O4. The van der Waals surface area contributed by atoms with Crippen molar-refractivity contribution >= 4 is 70.0 Å². The number of halogens is 4. The standard InChI is InChI=1S/C17H13Cl4N3O4/c1-8-12(20)5-22-16(15(8)21)24-13(25)7-28-14(26)6-23-17(27)10-3-2-9(18)4-11(10)19/h2-5H,6-7H2,1H3,(H,23,27)(H,22,24,25). The van der Waals surface area contributed by atoms with Crippen molar-refractivity contribution in [2.75, 3.05) is 18.5 Å². The van der Waals surface area contributed by atoms with Crippen molar-refractivity contribution in [2.24, 2.45) is 0 Å². The van der Waals surface area contributed by atoms with Gasteiger partial charge in [-0.15, -0.1) is 0 Å². The first-order valence-electron chi connectivity index (χ1n) is 7.68. The average Bonchev–Trinajstić information content (AvgIpc) is 2.65. The molecule has 0 radical (unpaired) electrons. The molecule has 148 valence electrons. The van der Waals surface area contributed by atoms with Gasteiger partial charge in [0.1, 0.15) is 6.54 Å². The first kappa shape index (κ1) is 22.2. The zero-order valence-corrected chi connectivity index (χ0v) is 17.3. The maximum atomic E-state index is 12.0. The number of pyridine rings is 1. The molecule has 0 saturated carbocycles. The van der Waals surface area contributed by atoms with E-state index in [-0.39, 0.29) is 21.4 Å². The molecule has 0 atom stereocenters. The number of rotatable bonds is 6. The minimum atomic E-state index is -0.820. The number of nitrogens with zero attached hydrogens (tertiary/aromatic N) is 1. The summed E-state index contributed by atoms with van der Waals surface area (Å²) in [6, 6.07) is 4.31. The minimum Gasteiger partial charge on any atom is -0.454 e. The third kappa shape index (κ3) is 5.97. The molecular weight excluding hydrogens is 452 g/mol. The first-order chi connectivity index (χ1) is 13.2. The predicted molar refractivity (Wildman–Crippen MR) is 107 cm³/mol. The third-order valence-electron chi connectivity index (χ3n) is 3.39. The summed E-state index contributed by atoms with van der Waals surface area (Å²) in [6.45, 7) is 0.623. The fourth-order valence-corrected chi connectivity index (χ4v) is 2.81. The molecule has 0 unspecified atom stereocenters. The quantitative estimate of drug-likeness (QED) is 0.631. The number of hydrogen-bond donors (Lipinski definition) is 2. The maximum Gasteiger partial charge on any atom is 0.325 e. The van der Waals surface area contributed by atoms with Gasteiger partial charge in [-0.2, -0.15) is 0 Å². The number of nitrogens with one attached hydrogen (secondary N) is 2. The largest absolute Gasteiger partial charge is 0.454 e. The second-order valence-corrected chi connectivity index (χ2v) is 7.04. The Morgan fingerprint density at radius 2 is 1.82 bits per heavy atom. The summed E-state index contributed by atoms with van der Waals surface area (Å²) in [5, 5.41) is 5.78. The summed E-state index contributed by atoms with van der Waals surface area (Å²) in [6.07, 6.45) is 1.34. The van der Waals surface area contributed by atoms with Crippen LogP contribution < -0.4 is 10.6 Å². The van der Waals surface area contributed by atoms with Crippen molar-refractivity contribution in [2.45, 2.75) is 6.92 Å². The Morgan fingerprint density at radius 3 is 2.50 bits per heavy atom. The van der Waals surface area contributed by atoms with Crippen LogP contribution in [-0.4, -0.2) is 35.9 Å². The van der Waals surface area contributed by atoms with Gasteiger partial charge in [0, 0.05) is 11.2 Å². The number of carbonyl (C=O) groups excluding carboxylic acids is 3. The lowest BCUT2D eigenvalue weighted by atomic mass is 10.2. The van der Waals surface area contributed by atoms with Gasteiger partial charge in [-0.25, -0.2) is 4.98 Å². The van der Waals surface area contributed by atoms with Gasteiger partial charge in [0.15, 0.2) is 12.4 Å². The van der Waals surface area contributed by atoms with E-state index in [1.54, 1.807) is 6.92 Å². The van der Waals surface area contributed by atoms with Crippen LogP contribution in [0.5, 0.6) is 0 Å². The molecule has 2 rings (SSSR count). The first-order valence-corrected chi connectivity index (χ1v) is 9.19. The molecule has 0 aliphatic rings. The molecule has 2 N–H and O–H groups in total. The van der Waals surface area contributed by atoms with Crippen molar-refractivity contribution in [1.82, 2.24) is 10.3 Å². The van der Waals surface area contributed by atoms with E-state index in [1.807, 2.05) is 0 Å². The summed E-state index contributed by atoms with van der Waals surface area (Å²) in [7, 11) is 0. The number of hydrogen-bond acceptors (Lipinski definition) is 5. The van der Waals surface area contributed by atoms with E-state index >= 15 is 0 Å². The summed E-state index contributed by atoms with van der Waals surface area (Å²) < 4.78 is 4.79. The van der Waals surface area contributed by atoms with Gasteiger partial charge >= 0.3 is 5.97 Å². The van der Waals surface area contributed by atoms with Crippen LogP contribution in [-0.2, 0) is 14.3 Å². The van der Waals surface area contributed by atoms with Crippen molar-refractivity contribution in [3.8, 4) is 0 Å². The van der Waals surface area contributed by atoms with E-state index in [4.69, 9.17) is 51.1 Å². The van der Waals surface area contributed by atoms with Crippen LogP contribution in [0.1, 0.15) is 15.9 Å². The summed E-state index contributed by atoms with van der Waals surface area (Å²) in [4.78, 5) is 39.5. The lowest BCUT2D eigenvalue weighted by molar-refractivity contribution is -0.146. The fourth-order valence-electron chi connectivity index (χ4n) is 1.93. The Balaban J connectivity index is 1.81. The smallest absolute Gasteiger partial charge is 0.325 e. The Bertz CT molecular complexity index is 937. The van der Waals surface area contributed by atoms with E-state index in [0.29, 0.717) is 15.6 Å². The van der Waals surface area contributed by atoms with Gasteiger partial charge in [-0.1, -0.05) is 46.4 Å². The Labute approximate surface area is 180 Å².